The summed E-state index contributed by atoms with van der Waals surface area (Å²) in [6, 6.07) is 0.274. The fourth-order valence-electron chi connectivity index (χ4n) is 3.42. The van der Waals surface area contributed by atoms with Crippen molar-refractivity contribution >= 4 is 5.91 Å². The molecule has 1 fully saturated rings. The van der Waals surface area contributed by atoms with Gasteiger partial charge in [0.2, 0.25) is 5.91 Å². The molecular formula is C16H28N2O. The first-order chi connectivity index (χ1) is 9.24. The van der Waals surface area contributed by atoms with E-state index in [2.05, 4.69) is 17.9 Å². The van der Waals surface area contributed by atoms with Gasteiger partial charge in [-0.2, -0.15) is 0 Å². The first-order valence-corrected chi connectivity index (χ1v) is 7.92. The largest absolute Gasteiger partial charge is 0.338 e. The number of hydrogen-bond acceptors (Lipinski definition) is 2. The van der Waals surface area contributed by atoms with Gasteiger partial charge in [-0.3, -0.25) is 4.79 Å². The highest BCUT2D eigenvalue weighted by Crippen LogP contribution is 2.27. The molecule has 2 N–H and O–H groups in total. The molecule has 0 spiro atoms. The lowest BCUT2D eigenvalue weighted by atomic mass is 9.88. The molecule has 0 saturated carbocycles. The molecule has 2 unspecified atom stereocenters. The summed E-state index contributed by atoms with van der Waals surface area (Å²) in [5, 5.41) is 0. The van der Waals surface area contributed by atoms with Gasteiger partial charge in [0.05, 0.1) is 0 Å². The Morgan fingerprint density at radius 1 is 1.47 bits per heavy atom. The number of piperidine rings is 1. The molecule has 1 heterocycles. The van der Waals surface area contributed by atoms with E-state index < -0.39 is 0 Å². The van der Waals surface area contributed by atoms with E-state index in [4.69, 9.17) is 5.73 Å². The number of amides is 1. The van der Waals surface area contributed by atoms with E-state index in [1.165, 1.54) is 24.8 Å². The number of allylic oxidation sites excluding steroid dienone is 1. The van der Waals surface area contributed by atoms with Gasteiger partial charge < -0.3 is 10.6 Å². The third-order valence-electron chi connectivity index (χ3n) is 4.76. The summed E-state index contributed by atoms with van der Waals surface area (Å²) >= 11 is 0. The van der Waals surface area contributed by atoms with Crippen molar-refractivity contribution in [2.75, 3.05) is 13.1 Å². The Kier molecular flexibility index (Phi) is 5.44. The van der Waals surface area contributed by atoms with Crippen LogP contribution in [0.1, 0.15) is 58.3 Å². The van der Waals surface area contributed by atoms with Crippen molar-refractivity contribution in [3.05, 3.63) is 11.6 Å². The summed E-state index contributed by atoms with van der Waals surface area (Å²) in [6.45, 7) is 3.76. The molecule has 2 aliphatic rings. The van der Waals surface area contributed by atoms with Gasteiger partial charge in [-0.15, -0.1) is 0 Å². The SMILES string of the molecule is CCC1CCN(C(=O)CC2=CCCCC2)C(CN)C1. The lowest BCUT2D eigenvalue weighted by molar-refractivity contribution is -0.134. The molecular weight excluding hydrogens is 236 g/mol. The molecule has 2 rings (SSSR count). The van der Waals surface area contributed by atoms with Crippen molar-refractivity contribution < 1.29 is 4.79 Å². The van der Waals surface area contributed by atoms with Gasteiger partial charge >= 0.3 is 0 Å². The first kappa shape index (κ1) is 14.6. The summed E-state index contributed by atoms with van der Waals surface area (Å²) in [5.74, 6) is 1.06. The Morgan fingerprint density at radius 2 is 2.32 bits per heavy atom. The predicted octanol–water partition coefficient (Wildman–Crippen LogP) is 2.85. The maximum Gasteiger partial charge on any atom is 0.226 e. The van der Waals surface area contributed by atoms with E-state index in [1.807, 2.05) is 0 Å². The summed E-state index contributed by atoms with van der Waals surface area (Å²) in [6.07, 6.45) is 11.2. The maximum atomic E-state index is 12.5. The molecule has 3 heteroatoms. The standard InChI is InChI=1S/C16H28N2O/c1-2-13-8-9-18(15(10-13)12-17)16(19)11-14-6-4-3-5-7-14/h6,13,15H,2-5,7-12,17H2,1H3. The van der Waals surface area contributed by atoms with Gasteiger partial charge in [0.15, 0.2) is 0 Å². The van der Waals surface area contributed by atoms with E-state index in [1.54, 1.807) is 0 Å². The van der Waals surface area contributed by atoms with Gasteiger partial charge in [0.1, 0.15) is 0 Å². The Hall–Kier alpha value is -0.830. The number of carbonyl (C=O) groups is 1. The average Bonchev–Trinajstić information content (AvgIpc) is 2.47. The second kappa shape index (κ2) is 7.09. The molecule has 0 bridgehead atoms. The van der Waals surface area contributed by atoms with Crippen LogP contribution in [0.5, 0.6) is 0 Å². The van der Waals surface area contributed by atoms with Gasteiger partial charge in [-0.05, 0) is 44.4 Å². The number of rotatable bonds is 4. The fourth-order valence-corrected chi connectivity index (χ4v) is 3.42. The number of nitrogens with two attached hydrogens (primary N) is 1. The van der Waals surface area contributed by atoms with Crippen LogP contribution in [-0.2, 0) is 4.79 Å². The van der Waals surface area contributed by atoms with Crippen LogP contribution in [0, 0.1) is 5.92 Å². The zero-order valence-corrected chi connectivity index (χ0v) is 12.2. The van der Waals surface area contributed by atoms with Gasteiger partial charge in [0, 0.05) is 25.6 Å². The van der Waals surface area contributed by atoms with Crippen LogP contribution in [0.25, 0.3) is 0 Å². The Balaban J connectivity index is 1.92. The van der Waals surface area contributed by atoms with Crippen molar-refractivity contribution in [1.29, 1.82) is 0 Å². The zero-order valence-electron chi connectivity index (χ0n) is 12.2. The Bertz CT molecular complexity index is 338. The normalized spacial score (nSPS) is 28.1. The predicted molar refractivity (Wildman–Crippen MR) is 78.7 cm³/mol. The highest BCUT2D eigenvalue weighted by molar-refractivity contribution is 5.79. The van der Waals surface area contributed by atoms with Crippen LogP contribution >= 0.6 is 0 Å². The van der Waals surface area contributed by atoms with E-state index in [0.717, 1.165) is 38.1 Å². The first-order valence-electron chi connectivity index (χ1n) is 7.92. The number of nitrogens with zero attached hydrogens (tertiary/aromatic N) is 1. The third-order valence-corrected chi connectivity index (χ3v) is 4.76. The molecule has 0 aromatic rings. The third kappa shape index (κ3) is 3.82. The average molecular weight is 264 g/mol. The van der Waals surface area contributed by atoms with Crippen molar-refractivity contribution in [2.45, 2.75) is 64.3 Å². The Morgan fingerprint density at radius 3 is 2.95 bits per heavy atom. The highest BCUT2D eigenvalue weighted by atomic mass is 16.2. The molecule has 1 saturated heterocycles. The number of hydrogen-bond donors (Lipinski definition) is 1. The molecule has 0 aromatic heterocycles. The van der Waals surface area contributed by atoms with Crippen LogP contribution in [0.15, 0.2) is 11.6 Å². The van der Waals surface area contributed by atoms with Crippen molar-refractivity contribution in [3.63, 3.8) is 0 Å². The van der Waals surface area contributed by atoms with Crippen molar-refractivity contribution in [2.24, 2.45) is 11.7 Å². The lowest BCUT2D eigenvalue weighted by Crippen LogP contribution is -2.49. The quantitative estimate of drug-likeness (QED) is 0.794. The minimum Gasteiger partial charge on any atom is -0.338 e. The summed E-state index contributed by atoms with van der Waals surface area (Å²) < 4.78 is 0. The molecule has 1 amide bonds. The summed E-state index contributed by atoms with van der Waals surface area (Å²) in [4.78, 5) is 14.5. The van der Waals surface area contributed by atoms with Crippen LogP contribution in [-0.4, -0.2) is 29.9 Å². The topological polar surface area (TPSA) is 46.3 Å². The maximum absolute atomic E-state index is 12.5. The van der Waals surface area contributed by atoms with Gasteiger partial charge in [-0.25, -0.2) is 0 Å². The van der Waals surface area contributed by atoms with Crippen molar-refractivity contribution in [3.8, 4) is 0 Å². The van der Waals surface area contributed by atoms with Crippen molar-refractivity contribution in [1.82, 2.24) is 4.90 Å². The second-order valence-corrected chi connectivity index (χ2v) is 6.06. The molecule has 0 radical (unpaired) electrons. The van der Waals surface area contributed by atoms with Crippen LogP contribution in [0.2, 0.25) is 0 Å². The fraction of sp³-hybridized carbons (Fsp3) is 0.812. The van der Waals surface area contributed by atoms with E-state index in [9.17, 15) is 4.79 Å². The van der Waals surface area contributed by atoms with E-state index >= 15 is 0 Å². The molecule has 3 nitrogen and oxygen atoms in total. The summed E-state index contributed by atoms with van der Waals surface area (Å²) in [7, 11) is 0. The molecule has 0 aromatic carbocycles. The second-order valence-electron chi connectivity index (χ2n) is 6.06. The number of carbonyl (C=O) groups excluding carboxylic acids is 1. The molecule has 2 atom stereocenters. The molecule has 1 aliphatic heterocycles. The monoisotopic (exact) mass is 264 g/mol. The zero-order chi connectivity index (χ0) is 13.7. The molecule has 108 valence electrons. The van der Waals surface area contributed by atoms with Gasteiger partial charge in [0.25, 0.3) is 0 Å². The van der Waals surface area contributed by atoms with Gasteiger partial charge in [-0.1, -0.05) is 25.0 Å². The molecule has 19 heavy (non-hydrogen) atoms. The minimum absolute atomic E-state index is 0.274. The Labute approximate surface area is 117 Å². The highest BCUT2D eigenvalue weighted by Gasteiger charge is 2.30. The van der Waals surface area contributed by atoms with E-state index in [-0.39, 0.29) is 6.04 Å². The smallest absolute Gasteiger partial charge is 0.226 e. The minimum atomic E-state index is 0.274. The van der Waals surface area contributed by atoms with Crippen LogP contribution in [0.3, 0.4) is 0 Å². The lowest BCUT2D eigenvalue weighted by Gasteiger charge is -2.39. The van der Waals surface area contributed by atoms with Crippen LogP contribution in [0.4, 0.5) is 0 Å². The summed E-state index contributed by atoms with van der Waals surface area (Å²) in [5.41, 5.74) is 7.22. The van der Waals surface area contributed by atoms with E-state index in [0.29, 0.717) is 18.9 Å². The van der Waals surface area contributed by atoms with Crippen LogP contribution < -0.4 is 5.73 Å². The molecule has 1 aliphatic carbocycles. The number of likely N-dealkylation sites (tertiary alicyclic amines) is 1.